The third-order valence-electron chi connectivity index (χ3n) is 3.83. The summed E-state index contributed by atoms with van der Waals surface area (Å²) in [5.41, 5.74) is 8.72. The van der Waals surface area contributed by atoms with Crippen molar-refractivity contribution in [1.82, 2.24) is 0 Å². The SMILES string of the molecule is Cc1cc(OC2CCCC(N)C2)ccc1C(C)C. The zero-order valence-electron chi connectivity index (χ0n) is 11.8. The minimum atomic E-state index is 0.304. The molecular formula is C16H25NO. The van der Waals surface area contributed by atoms with E-state index in [0.29, 0.717) is 18.1 Å². The van der Waals surface area contributed by atoms with Gasteiger partial charge in [-0.2, -0.15) is 0 Å². The van der Waals surface area contributed by atoms with Gasteiger partial charge in [0.1, 0.15) is 11.9 Å². The molecule has 100 valence electrons. The highest BCUT2D eigenvalue weighted by molar-refractivity contribution is 5.36. The van der Waals surface area contributed by atoms with Gasteiger partial charge in [-0.15, -0.1) is 0 Å². The van der Waals surface area contributed by atoms with Gasteiger partial charge in [-0.1, -0.05) is 19.9 Å². The van der Waals surface area contributed by atoms with Crippen molar-refractivity contribution in [3.63, 3.8) is 0 Å². The number of rotatable bonds is 3. The normalized spacial score (nSPS) is 24.3. The van der Waals surface area contributed by atoms with Crippen LogP contribution in [0.3, 0.4) is 0 Å². The van der Waals surface area contributed by atoms with Crippen LogP contribution in [0.5, 0.6) is 5.75 Å². The van der Waals surface area contributed by atoms with Crippen LogP contribution in [0.2, 0.25) is 0 Å². The maximum atomic E-state index is 6.06. The Morgan fingerprint density at radius 3 is 2.67 bits per heavy atom. The molecule has 2 heteroatoms. The van der Waals surface area contributed by atoms with Crippen LogP contribution in [0.1, 0.15) is 56.6 Å². The van der Waals surface area contributed by atoms with E-state index < -0.39 is 0 Å². The van der Waals surface area contributed by atoms with E-state index in [1.165, 1.54) is 17.5 Å². The molecule has 1 aliphatic carbocycles. The van der Waals surface area contributed by atoms with Crippen molar-refractivity contribution in [1.29, 1.82) is 0 Å². The fourth-order valence-electron chi connectivity index (χ4n) is 2.85. The highest BCUT2D eigenvalue weighted by Gasteiger charge is 2.20. The summed E-state index contributed by atoms with van der Waals surface area (Å²) in [6, 6.07) is 6.77. The molecule has 2 nitrogen and oxygen atoms in total. The molecule has 2 atom stereocenters. The predicted molar refractivity (Wildman–Crippen MR) is 76.1 cm³/mol. The molecule has 1 aromatic rings. The highest BCUT2D eigenvalue weighted by Crippen LogP contribution is 2.27. The van der Waals surface area contributed by atoms with E-state index in [-0.39, 0.29) is 0 Å². The Labute approximate surface area is 111 Å². The van der Waals surface area contributed by atoms with Gasteiger partial charge in [-0.25, -0.2) is 0 Å². The van der Waals surface area contributed by atoms with E-state index in [1.54, 1.807) is 0 Å². The molecular weight excluding hydrogens is 222 g/mol. The second-order valence-electron chi connectivity index (χ2n) is 5.84. The van der Waals surface area contributed by atoms with E-state index in [2.05, 4.69) is 39.0 Å². The fourth-order valence-corrected chi connectivity index (χ4v) is 2.85. The molecule has 1 saturated carbocycles. The van der Waals surface area contributed by atoms with Crippen LogP contribution in [0, 0.1) is 6.92 Å². The lowest BCUT2D eigenvalue weighted by atomic mass is 9.93. The van der Waals surface area contributed by atoms with Gasteiger partial charge in [0.15, 0.2) is 0 Å². The number of hydrogen-bond acceptors (Lipinski definition) is 2. The summed E-state index contributed by atoms with van der Waals surface area (Å²) in [6.45, 7) is 6.61. The van der Waals surface area contributed by atoms with Gasteiger partial charge >= 0.3 is 0 Å². The first kappa shape index (κ1) is 13.4. The quantitative estimate of drug-likeness (QED) is 0.882. The minimum Gasteiger partial charge on any atom is -0.490 e. The summed E-state index contributed by atoms with van der Waals surface area (Å²) in [4.78, 5) is 0. The third-order valence-corrected chi connectivity index (χ3v) is 3.83. The molecule has 0 saturated heterocycles. The van der Waals surface area contributed by atoms with Crippen LogP contribution in [-0.2, 0) is 0 Å². The lowest BCUT2D eigenvalue weighted by Gasteiger charge is -2.27. The molecule has 0 bridgehead atoms. The Hall–Kier alpha value is -1.02. The first-order valence-corrected chi connectivity index (χ1v) is 7.09. The van der Waals surface area contributed by atoms with E-state index in [4.69, 9.17) is 10.5 Å². The number of benzene rings is 1. The number of hydrogen-bond donors (Lipinski definition) is 1. The molecule has 2 N–H and O–H groups in total. The minimum absolute atomic E-state index is 0.304. The lowest BCUT2D eigenvalue weighted by Crippen LogP contribution is -2.33. The molecule has 1 fully saturated rings. The standard InChI is InChI=1S/C16H25NO/c1-11(2)16-8-7-15(9-12(16)3)18-14-6-4-5-13(17)10-14/h7-9,11,13-14H,4-6,10,17H2,1-3H3. The largest absolute Gasteiger partial charge is 0.490 e. The van der Waals surface area contributed by atoms with Gasteiger partial charge in [0.25, 0.3) is 0 Å². The Balaban J connectivity index is 2.03. The third kappa shape index (κ3) is 3.26. The van der Waals surface area contributed by atoms with Gasteiger partial charge in [-0.05, 0) is 61.8 Å². The summed E-state index contributed by atoms with van der Waals surface area (Å²) in [5.74, 6) is 1.57. The monoisotopic (exact) mass is 247 g/mol. The van der Waals surface area contributed by atoms with Crippen LogP contribution in [-0.4, -0.2) is 12.1 Å². The van der Waals surface area contributed by atoms with Gasteiger partial charge < -0.3 is 10.5 Å². The topological polar surface area (TPSA) is 35.2 Å². The van der Waals surface area contributed by atoms with Crippen molar-refractivity contribution in [2.24, 2.45) is 5.73 Å². The van der Waals surface area contributed by atoms with Crippen molar-refractivity contribution in [2.75, 3.05) is 0 Å². The molecule has 2 rings (SSSR count). The lowest BCUT2D eigenvalue weighted by molar-refractivity contribution is 0.144. The molecule has 0 amide bonds. The molecule has 0 aromatic heterocycles. The first-order valence-electron chi connectivity index (χ1n) is 7.09. The van der Waals surface area contributed by atoms with Gasteiger partial charge in [0.05, 0.1) is 0 Å². The molecule has 18 heavy (non-hydrogen) atoms. The van der Waals surface area contributed by atoms with Crippen LogP contribution in [0.25, 0.3) is 0 Å². The molecule has 0 spiro atoms. The molecule has 0 aliphatic heterocycles. The molecule has 1 aliphatic rings. The summed E-state index contributed by atoms with van der Waals surface area (Å²) in [6.07, 6.45) is 4.77. The summed E-state index contributed by atoms with van der Waals surface area (Å²) >= 11 is 0. The van der Waals surface area contributed by atoms with Crippen LogP contribution < -0.4 is 10.5 Å². The number of aryl methyl sites for hydroxylation is 1. The van der Waals surface area contributed by atoms with Crippen molar-refractivity contribution in [2.45, 2.75) is 64.5 Å². The maximum Gasteiger partial charge on any atom is 0.120 e. The summed E-state index contributed by atoms with van der Waals surface area (Å²) in [5, 5.41) is 0. The zero-order chi connectivity index (χ0) is 13.1. The van der Waals surface area contributed by atoms with E-state index >= 15 is 0 Å². The number of nitrogens with two attached hydrogens (primary N) is 1. The Morgan fingerprint density at radius 1 is 1.28 bits per heavy atom. The smallest absolute Gasteiger partial charge is 0.120 e. The summed E-state index contributed by atoms with van der Waals surface area (Å²) in [7, 11) is 0. The Kier molecular flexibility index (Phi) is 4.28. The van der Waals surface area contributed by atoms with E-state index in [1.807, 2.05) is 0 Å². The van der Waals surface area contributed by atoms with Crippen molar-refractivity contribution in [3.05, 3.63) is 29.3 Å². The molecule has 2 unspecified atom stereocenters. The predicted octanol–water partition coefficient (Wildman–Crippen LogP) is 3.77. The second-order valence-corrected chi connectivity index (χ2v) is 5.84. The van der Waals surface area contributed by atoms with Gasteiger partial charge in [-0.3, -0.25) is 0 Å². The fraction of sp³-hybridized carbons (Fsp3) is 0.625. The van der Waals surface area contributed by atoms with E-state index in [9.17, 15) is 0 Å². The van der Waals surface area contributed by atoms with Crippen molar-refractivity contribution in [3.8, 4) is 5.75 Å². The molecule has 0 radical (unpaired) electrons. The van der Waals surface area contributed by atoms with Crippen LogP contribution >= 0.6 is 0 Å². The second kappa shape index (κ2) is 5.75. The number of ether oxygens (including phenoxy) is 1. The highest BCUT2D eigenvalue weighted by atomic mass is 16.5. The Morgan fingerprint density at radius 2 is 2.06 bits per heavy atom. The zero-order valence-corrected chi connectivity index (χ0v) is 11.8. The summed E-state index contributed by atoms with van der Waals surface area (Å²) < 4.78 is 6.06. The van der Waals surface area contributed by atoms with Crippen molar-refractivity contribution >= 4 is 0 Å². The van der Waals surface area contributed by atoms with Crippen LogP contribution in [0.4, 0.5) is 0 Å². The van der Waals surface area contributed by atoms with Gasteiger partial charge in [0.2, 0.25) is 0 Å². The van der Waals surface area contributed by atoms with Crippen molar-refractivity contribution < 1.29 is 4.74 Å². The maximum absolute atomic E-state index is 6.06. The molecule has 1 aromatic carbocycles. The van der Waals surface area contributed by atoms with E-state index in [0.717, 1.165) is 25.0 Å². The van der Waals surface area contributed by atoms with Crippen LogP contribution in [0.15, 0.2) is 18.2 Å². The van der Waals surface area contributed by atoms with Gasteiger partial charge in [0, 0.05) is 6.04 Å². The average Bonchev–Trinajstić information content (AvgIpc) is 2.28. The first-order chi connectivity index (χ1) is 8.56. The average molecular weight is 247 g/mol. The molecule has 0 heterocycles. The Bertz CT molecular complexity index is 400.